The molecule has 1 amide bonds. The molecule has 2 rings (SSSR count). The van der Waals surface area contributed by atoms with Crippen LogP contribution in [-0.2, 0) is 4.79 Å². The molecule has 1 aliphatic carbocycles. The second-order valence-electron chi connectivity index (χ2n) is 5.02. The van der Waals surface area contributed by atoms with Crippen LogP contribution in [0.2, 0.25) is 0 Å². The van der Waals surface area contributed by atoms with Crippen LogP contribution in [0.4, 0.5) is 0 Å². The number of hydrogen-bond acceptors (Lipinski definition) is 2. The van der Waals surface area contributed by atoms with Crippen molar-refractivity contribution < 1.29 is 4.79 Å². The van der Waals surface area contributed by atoms with Crippen LogP contribution in [0, 0.1) is 12.3 Å². The first kappa shape index (κ1) is 11.5. The van der Waals surface area contributed by atoms with Gasteiger partial charge in [-0.3, -0.25) is 4.79 Å². The van der Waals surface area contributed by atoms with Crippen LogP contribution in [-0.4, -0.2) is 24.0 Å². The number of hydrogen-bond donors (Lipinski definition) is 2. The van der Waals surface area contributed by atoms with Gasteiger partial charge < -0.3 is 10.6 Å². The van der Waals surface area contributed by atoms with Gasteiger partial charge in [0.05, 0.1) is 0 Å². The Balaban J connectivity index is 1.77. The van der Waals surface area contributed by atoms with Gasteiger partial charge in [0.2, 0.25) is 5.91 Å². The van der Waals surface area contributed by atoms with E-state index >= 15 is 0 Å². The Labute approximate surface area is 97.4 Å². The van der Waals surface area contributed by atoms with Crippen molar-refractivity contribution in [2.45, 2.75) is 56.5 Å². The zero-order chi connectivity index (χ0) is 11.4. The van der Waals surface area contributed by atoms with E-state index in [2.05, 4.69) is 16.6 Å². The summed E-state index contributed by atoms with van der Waals surface area (Å²) < 4.78 is 0. The highest BCUT2D eigenvalue weighted by Gasteiger charge is 2.41. The smallest absolute Gasteiger partial charge is 0.221 e. The van der Waals surface area contributed by atoms with E-state index in [9.17, 15) is 4.79 Å². The first-order chi connectivity index (χ1) is 7.74. The lowest BCUT2D eigenvalue weighted by Gasteiger charge is -2.48. The largest absolute Gasteiger partial charge is 0.353 e. The monoisotopic (exact) mass is 220 g/mol. The summed E-state index contributed by atoms with van der Waals surface area (Å²) in [4.78, 5) is 11.6. The van der Waals surface area contributed by atoms with Crippen LogP contribution in [0.15, 0.2) is 0 Å². The van der Waals surface area contributed by atoms with Crippen molar-refractivity contribution in [2.24, 2.45) is 0 Å². The molecule has 2 fully saturated rings. The van der Waals surface area contributed by atoms with Crippen molar-refractivity contribution in [2.75, 3.05) is 6.54 Å². The maximum absolute atomic E-state index is 11.6. The summed E-state index contributed by atoms with van der Waals surface area (Å²) >= 11 is 0. The molecule has 2 N–H and O–H groups in total. The third-order valence-corrected chi connectivity index (χ3v) is 3.80. The minimum atomic E-state index is 0.110. The normalized spacial score (nSPS) is 26.8. The van der Waals surface area contributed by atoms with Crippen molar-refractivity contribution in [3.63, 3.8) is 0 Å². The fourth-order valence-corrected chi connectivity index (χ4v) is 2.75. The molecule has 0 aromatic heterocycles. The van der Waals surface area contributed by atoms with Gasteiger partial charge in [-0.25, -0.2) is 0 Å². The SMILES string of the molecule is C#CCCC(=O)NC1CCNC2(CCC2)C1. The second-order valence-corrected chi connectivity index (χ2v) is 5.02. The van der Waals surface area contributed by atoms with E-state index in [1.165, 1.54) is 19.3 Å². The molecule has 1 atom stereocenters. The molecular weight excluding hydrogens is 200 g/mol. The maximum atomic E-state index is 11.6. The van der Waals surface area contributed by atoms with Gasteiger partial charge in [-0.2, -0.15) is 0 Å². The number of nitrogens with one attached hydrogen (secondary N) is 2. The van der Waals surface area contributed by atoms with Crippen LogP contribution in [0.5, 0.6) is 0 Å². The van der Waals surface area contributed by atoms with Crippen molar-refractivity contribution in [3.8, 4) is 12.3 Å². The molecule has 1 aliphatic heterocycles. The van der Waals surface area contributed by atoms with Gasteiger partial charge in [-0.05, 0) is 38.6 Å². The molecule has 0 bridgehead atoms. The van der Waals surface area contributed by atoms with Gasteiger partial charge in [-0.15, -0.1) is 12.3 Å². The molecule has 3 heteroatoms. The predicted octanol–water partition coefficient (Wildman–Crippen LogP) is 1.19. The minimum absolute atomic E-state index is 0.110. The minimum Gasteiger partial charge on any atom is -0.353 e. The molecule has 1 spiro atoms. The molecule has 88 valence electrons. The van der Waals surface area contributed by atoms with Crippen molar-refractivity contribution in [3.05, 3.63) is 0 Å². The lowest BCUT2D eigenvalue weighted by atomic mass is 9.70. The van der Waals surface area contributed by atoms with Gasteiger partial charge >= 0.3 is 0 Å². The van der Waals surface area contributed by atoms with Crippen LogP contribution < -0.4 is 10.6 Å². The summed E-state index contributed by atoms with van der Waals surface area (Å²) in [6.07, 6.45) is 12.1. The van der Waals surface area contributed by atoms with E-state index in [0.29, 0.717) is 24.4 Å². The number of carbonyl (C=O) groups excluding carboxylic acids is 1. The van der Waals surface area contributed by atoms with Crippen LogP contribution in [0.25, 0.3) is 0 Å². The topological polar surface area (TPSA) is 41.1 Å². The van der Waals surface area contributed by atoms with Crippen molar-refractivity contribution in [1.82, 2.24) is 10.6 Å². The first-order valence-corrected chi connectivity index (χ1v) is 6.22. The van der Waals surface area contributed by atoms with Crippen molar-refractivity contribution >= 4 is 5.91 Å². The summed E-state index contributed by atoms with van der Waals surface area (Å²) in [6.45, 7) is 1.03. The summed E-state index contributed by atoms with van der Waals surface area (Å²) in [5, 5.41) is 6.70. The Bertz CT molecular complexity index is 302. The Hall–Kier alpha value is -1.01. The zero-order valence-corrected chi connectivity index (χ0v) is 9.72. The molecule has 1 saturated carbocycles. The van der Waals surface area contributed by atoms with Crippen LogP contribution >= 0.6 is 0 Å². The van der Waals surface area contributed by atoms with E-state index < -0.39 is 0 Å². The molecule has 1 unspecified atom stereocenters. The summed E-state index contributed by atoms with van der Waals surface area (Å²) in [6, 6.07) is 0.354. The molecule has 1 saturated heterocycles. The molecule has 0 radical (unpaired) electrons. The van der Waals surface area contributed by atoms with Gasteiger partial charge in [0, 0.05) is 24.4 Å². The lowest BCUT2D eigenvalue weighted by Crippen LogP contribution is -2.59. The predicted molar refractivity (Wildman–Crippen MR) is 63.8 cm³/mol. The van der Waals surface area contributed by atoms with Gasteiger partial charge in [0.25, 0.3) is 0 Å². The fraction of sp³-hybridized carbons (Fsp3) is 0.769. The van der Waals surface area contributed by atoms with E-state index in [-0.39, 0.29) is 5.91 Å². The molecule has 2 aliphatic rings. The van der Waals surface area contributed by atoms with E-state index in [1.807, 2.05) is 0 Å². The van der Waals surface area contributed by atoms with E-state index in [4.69, 9.17) is 6.42 Å². The first-order valence-electron chi connectivity index (χ1n) is 6.22. The Morgan fingerprint density at radius 2 is 2.38 bits per heavy atom. The third kappa shape index (κ3) is 2.56. The highest BCUT2D eigenvalue weighted by Crippen LogP contribution is 2.38. The summed E-state index contributed by atoms with van der Waals surface area (Å²) in [7, 11) is 0. The highest BCUT2D eigenvalue weighted by atomic mass is 16.1. The second kappa shape index (κ2) is 4.88. The average molecular weight is 220 g/mol. The van der Waals surface area contributed by atoms with E-state index in [1.54, 1.807) is 0 Å². The fourth-order valence-electron chi connectivity index (χ4n) is 2.75. The van der Waals surface area contributed by atoms with Crippen LogP contribution in [0.3, 0.4) is 0 Å². The Kier molecular flexibility index (Phi) is 3.50. The van der Waals surface area contributed by atoms with E-state index in [0.717, 1.165) is 19.4 Å². The lowest BCUT2D eigenvalue weighted by molar-refractivity contribution is -0.122. The molecular formula is C13H20N2O. The number of amides is 1. The highest BCUT2D eigenvalue weighted by molar-refractivity contribution is 5.76. The molecule has 16 heavy (non-hydrogen) atoms. The molecule has 3 nitrogen and oxygen atoms in total. The van der Waals surface area contributed by atoms with Crippen molar-refractivity contribution in [1.29, 1.82) is 0 Å². The Morgan fingerprint density at radius 1 is 1.56 bits per heavy atom. The van der Waals surface area contributed by atoms with Crippen LogP contribution in [0.1, 0.15) is 44.9 Å². The Morgan fingerprint density at radius 3 is 3.00 bits per heavy atom. The quantitative estimate of drug-likeness (QED) is 0.701. The summed E-state index contributed by atoms with van der Waals surface area (Å²) in [5.41, 5.74) is 0.350. The number of rotatable bonds is 3. The molecule has 0 aromatic rings. The van der Waals surface area contributed by atoms with Gasteiger partial charge in [0.1, 0.15) is 0 Å². The zero-order valence-electron chi connectivity index (χ0n) is 9.72. The standard InChI is InChI=1S/C13H20N2O/c1-2-3-5-12(16)15-11-6-9-14-13(10-11)7-4-8-13/h1,11,14H,3-10H2,(H,15,16). The maximum Gasteiger partial charge on any atom is 0.221 e. The number of terminal acetylenes is 1. The summed E-state index contributed by atoms with van der Waals surface area (Å²) in [5.74, 6) is 2.61. The van der Waals surface area contributed by atoms with Gasteiger partial charge in [0.15, 0.2) is 0 Å². The molecule has 0 aromatic carbocycles. The third-order valence-electron chi connectivity index (χ3n) is 3.80. The number of carbonyl (C=O) groups is 1. The van der Waals surface area contributed by atoms with Gasteiger partial charge in [-0.1, -0.05) is 0 Å². The molecule has 1 heterocycles. The average Bonchev–Trinajstić information content (AvgIpc) is 2.24. The number of piperidine rings is 1.